The molecule has 2 aliphatic rings. The maximum Gasteiger partial charge on any atom is 0.251 e. The Hall–Kier alpha value is -0.650. The van der Waals surface area contributed by atoms with Crippen molar-refractivity contribution in [3.05, 3.63) is 0 Å². The average molecular weight is 199 g/mol. The lowest BCUT2D eigenvalue weighted by Gasteiger charge is -2.33. The molecule has 2 fully saturated rings. The molecule has 0 aromatic heterocycles. The van der Waals surface area contributed by atoms with E-state index in [1.807, 2.05) is 4.90 Å². The minimum Gasteiger partial charge on any atom is -0.368 e. The highest BCUT2D eigenvalue weighted by Gasteiger charge is 2.29. The summed E-state index contributed by atoms with van der Waals surface area (Å²) in [7, 11) is 0. The number of piperazine rings is 1. The van der Waals surface area contributed by atoms with E-state index < -0.39 is 0 Å². The summed E-state index contributed by atoms with van der Waals surface area (Å²) < 4.78 is 5.36. The smallest absolute Gasteiger partial charge is 0.251 e. The maximum absolute atomic E-state index is 11.8. The molecule has 0 saturated carbocycles. The molecule has 0 aliphatic carbocycles. The predicted molar refractivity (Wildman–Crippen MR) is 51.3 cm³/mol. The zero-order valence-electron chi connectivity index (χ0n) is 8.32. The predicted octanol–water partition coefficient (Wildman–Crippen LogP) is -0.817. The first-order chi connectivity index (χ1) is 6.77. The van der Waals surface area contributed by atoms with Gasteiger partial charge >= 0.3 is 0 Å². The molecule has 2 rings (SSSR count). The van der Waals surface area contributed by atoms with Gasteiger partial charge in [0.05, 0.1) is 0 Å². The van der Waals surface area contributed by atoms with Crippen LogP contribution in [-0.2, 0) is 9.53 Å². The first-order valence-corrected chi connectivity index (χ1v) is 5.17. The molecule has 1 atom stereocenters. The van der Waals surface area contributed by atoms with E-state index in [0.29, 0.717) is 0 Å². The monoisotopic (exact) mass is 199 g/mol. The van der Waals surface area contributed by atoms with Crippen molar-refractivity contribution in [2.75, 3.05) is 32.8 Å². The highest BCUT2D eigenvalue weighted by atomic mass is 16.5. The largest absolute Gasteiger partial charge is 0.368 e. The Morgan fingerprint density at radius 2 is 2.00 bits per heavy atom. The minimum atomic E-state index is -0.181. The number of rotatable bonds is 1. The molecular formula is C9H17N3O2. The molecule has 14 heavy (non-hydrogen) atoms. The van der Waals surface area contributed by atoms with Gasteiger partial charge < -0.3 is 9.64 Å². The Morgan fingerprint density at radius 1 is 1.29 bits per heavy atom. The zero-order valence-corrected chi connectivity index (χ0v) is 8.32. The lowest BCUT2D eigenvalue weighted by Crippen LogP contribution is -2.53. The van der Waals surface area contributed by atoms with E-state index in [4.69, 9.17) is 10.6 Å². The second-order valence-corrected chi connectivity index (χ2v) is 3.86. The van der Waals surface area contributed by atoms with Crippen LogP contribution in [0.3, 0.4) is 0 Å². The van der Waals surface area contributed by atoms with Crippen LogP contribution in [0.2, 0.25) is 0 Å². The van der Waals surface area contributed by atoms with Crippen molar-refractivity contribution in [2.45, 2.75) is 18.9 Å². The third-order valence-electron chi connectivity index (χ3n) is 2.83. The third-order valence-corrected chi connectivity index (χ3v) is 2.83. The minimum absolute atomic E-state index is 0.149. The van der Waals surface area contributed by atoms with Crippen molar-refractivity contribution >= 4 is 5.91 Å². The Balaban J connectivity index is 1.85. The van der Waals surface area contributed by atoms with Crippen LogP contribution in [0, 0.1) is 0 Å². The van der Waals surface area contributed by atoms with Gasteiger partial charge in [-0.25, -0.2) is 5.01 Å². The molecule has 2 aliphatic heterocycles. The lowest BCUT2D eigenvalue weighted by molar-refractivity contribution is -0.142. The Bertz CT molecular complexity index is 208. The van der Waals surface area contributed by atoms with Crippen LogP contribution in [0.15, 0.2) is 0 Å². The van der Waals surface area contributed by atoms with Crippen LogP contribution in [0.5, 0.6) is 0 Å². The van der Waals surface area contributed by atoms with Crippen molar-refractivity contribution in [3.63, 3.8) is 0 Å². The average Bonchev–Trinajstić information content (AvgIpc) is 2.71. The molecule has 0 aromatic carbocycles. The van der Waals surface area contributed by atoms with Gasteiger partial charge in [0.25, 0.3) is 5.91 Å². The fourth-order valence-electron chi connectivity index (χ4n) is 1.92. The second-order valence-electron chi connectivity index (χ2n) is 3.86. The van der Waals surface area contributed by atoms with Gasteiger partial charge in [-0.15, -0.1) is 0 Å². The van der Waals surface area contributed by atoms with E-state index in [1.165, 1.54) is 0 Å². The van der Waals surface area contributed by atoms with Gasteiger partial charge in [0.15, 0.2) is 0 Å². The molecule has 1 unspecified atom stereocenters. The summed E-state index contributed by atoms with van der Waals surface area (Å²) in [6, 6.07) is 0. The van der Waals surface area contributed by atoms with Crippen LogP contribution < -0.4 is 5.84 Å². The fourth-order valence-corrected chi connectivity index (χ4v) is 1.92. The van der Waals surface area contributed by atoms with Crippen molar-refractivity contribution < 1.29 is 9.53 Å². The molecule has 1 amide bonds. The summed E-state index contributed by atoms with van der Waals surface area (Å²) in [4.78, 5) is 13.7. The van der Waals surface area contributed by atoms with Gasteiger partial charge in [0, 0.05) is 32.8 Å². The first kappa shape index (κ1) is 9.89. The number of hydrogen-bond donors (Lipinski definition) is 1. The van der Waals surface area contributed by atoms with Gasteiger partial charge in [0.2, 0.25) is 0 Å². The molecule has 0 aromatic rings. The quantitative estimate of drug-likeness (QED) is 0.561. The fraction of sp³-hybridized carbons (Fsp3) is 0.889. The Labute approximate surface area is 83.8 Å². The van der Waals surface area contributed by atoms with Gasteiger partial charge in [0.1, 0.15) is 6.10 Å². The molecule has 0 radical (unpaired) electrons. The molecule has 0 bridgehead atoms. The summed E-state index contributed by atoms with van der Waals surface area (Å²) in [6.45, 7) is 3.72. The maximum atomic E-state index is 11.8. The van der Waals surface area contributed by atoms with Gasteiger partial charge in [-0.1, -0.05) is 0 Å². The van der Waals surface area contributed by atoms with E-state index in [1.54, 1.807) is 5.01 Å². The molecule has 5 nitrogen and oxygen atoms in total. The SMILES string of the molecule is NN1CCN(C(=O)C2CCCO2)CC1. The summed E-state index contributed by atoms with van der Waals surface area (Å²) in [5.74, 6) is 5.76. The lowest BCUT2D eigenvalue weighted by atomic mass is 10.2. The zero-order chi connectivity index (χ0) is 9.97. The van der Waals surface area contributed by atoms with Gasteiger partial charge in [-0.3, -0.25) is 10.6 Å². The van der Waals surface area contributed by atoms with Gasteiger partial charge in [-0.2, -0.15) is 0 Å². The second kappa shape index (κ2) is 4.25. The standard InChI is InChI=1S/C9H17N3O2/c10-12-5-3-11(4-6-12)9(13)8-2-1-7-14-8/h8H,1-7,10H2. The van der Waals surface area contributed by atoms with Gasteiger partial charge in [-0.05, 0) is 12.8 Å². The van der Waals surface area contributed by atoms with E-state index in [0.717, 1.165) is 45.6 Å². The Kier molecular flexibility index (Phi) is 3.00. The number of hydrogen-bond acceptors (Lipinski definition) is 4. The third kappa shape index (κ3) is 2.05. The highest BCUT2D eigenvalue weighted by Crippen LogP contribution is 2.15. The van der Waals surface area contributed by atoms with Crippen molar-refractivity contribution in [1.29, 1.82) is 0 Å². The summed E-state index contributed by atoms with van der Waals surface area (Å²) >= 11 is 0. The molecule has 80 valence electrons. The highest BCUT2D eigenvalue weighted by molar-refractivity contribution is 5.81. The van der Waals surface area contributed by atoms with Crippen LogP contribution in [0.25, 0.3) is 0 Å². The van der Waals surface area contributed by atoms with Crippen molar-refractivity contribution in [3.8, 4) is 0 Å². The van der Waals surface area contributed by atoms with Crippen LogP contribution in [0.4, 0.5) is 0 Å². The number of hydrazine groups is 1. The summed E-state index contributed by atoms with van der Waals surface area (Å²) in [5.41, 5.74) is 0. The topological polar surface area (TPSA) is 58.8 Å². The summed E-state index contributed by atoms with van der Waals surface area (Å²) in [5, 5.41) is 1.75. The number of carbonyl (C=O) groups excluding carboxylic acids is 1. The number of amides is 1. The normalized spacial score (nSPS) is 29.5. The number of ether oxygens (including phenoxy) is 1. The number of carbonyl (C=O) groups is 1. The number of nitrogens with two attached hydrogens (primary N) is 1. The molecule has 2 heterocycles. The molecule has 2 saturated heterocycles. The van der Waals surface area contributed by atoms with E-state index >= 15 is 0 Å². The molecular weight excluding hydrogens is 182 g/mol. The molecule has 0 spiro atoms. The Morgan fingerprint density at radius 3 is 2.57 bits per heavy atom. The van der Waals surface area contributed by atoms with Crippen molar-refractivity contribution in [1.82, 2.24) is 9.91 Å². The number of nitrogens with zero attached hydrogens (tertiary/aromatic N) is 2. The summed E-state index contributed by atoms with van der Waals surface area (Å²) in [6.07, 6.45) is 1.70. The van der Waals surface area contributed by atoms with E-state index in [2.05, 4.69) is 0 Å². The van der Waals surface area contributed by atoms with Crippen LogP contribution in [-0.4, -0.2) is 54.7 Å². The van der Waals surface area contributed by atoms with E-state index in [9.17, 15) is 4.79 Å². The molecule has 5 heteroatoms. The van der Waals surface area contributed by atoms with Crippen LogP contribution in [0.1, 0.15) is 12.8 Å². The molecule has 2 N–H and O–H groups in total. The van der Waals surface area contributed by atoms with Crippen LogP contribution >= 0.6 is 0 Å². The van der Waals surface area contributed by atoms with Crippen molar-refractivity contribution in [2.24, 2.45) is 5.84 Å². The van der Waals surface area contributed by atoms with E-state index in [-0.39, 0.29) is 12.0 Å². The first-order valence-electron chi connectivity index (χ1n) is 5.17.